The largest absolute Gasteiger partial charge is 0.497 e. The Balaban J connectivity index is 1.72. The SMILES string of the molecule is COc1ccc(COC(=O)NCCCCN(CCCCOS(=O)(=O)c2ccc(C)cc2)C(=O)OC(C)(C)C)cc1. The summed E-state index contributed by atoms with van der Waals surface area (Å²) in [4.78, 5) is 26.4. The molecule has 0 spiro atoms. The van der Waals surface area contributed by atoms with Gasteiger partial charge in [-0.3, -0.25) is 4.18 Å². The molecule has 10 nitrogen and oxygen atoms in total. The van der Waals surface area contributed by atoms with E-state index in [2.05, 4.69) is 5.32 Å². The van der Waals surface area contributed by atoms with E-state index < -0.39 is 27.9 Å². The molecule has 0 heterocycles. The zero-order valence-electron chi connectivity index (χ0n) is 24.1. The number of hydrogen-bond donors (Lipinski definition) is 1. The summed E-state index contributed by atoms with van der Waals surface area (Å²) in [5, 5.41) is 2.71. The van der Waals surface area contributed by atoms with Crippen LogP contribution in [0.5, 0.6) is 5.75 Å². The lowest BCUT2D eigenvalue weighted by atomic mass is 10.2. The Morgan fingerprint density at radius 1 is 0.900 bits per heavy atom. The lowest BCUT2D eigenvalue weighted by Crippen LogP contribution is -2.38. The number of benzene rings is 2. The molecule has 40 heavy (non-hydrogen) atoms. The first-order valence-corrected chi connectivity index (χ1v) is 14.8. The molecule has 2 aromatic rings. The third kappa shape index (κ3) is 12.7. The van der Waals surface area contributed by atoms with Crippen molar-refractivity contribution in [2.45, 2.75) is 70.5 Å². The molecule has 2 aromatic carbocycles. The smallest absolute Gasteiger partial charge is 0.410 e. The number of aryl methyl sites for hydroxylation is 1. The van der Waals surface area contributed by atoms with Gasteiger partial charge in [0.2, 0.25) is 0 Å². The zero-order chi connectivity index (χ0) is 29.6. The quantitative estimate of drug-likeness (QED) is 0.219. The van der Waals surface area contributed by atoms with Gasteiger partial charge in [0.25, 0.3) is 10.1 Å². The molecule has 0 unspecified atom stereocenters. The minimum absolute atomic E-state index is 0.0148. The van der Waals surface area contributed by atoms with Crippen LogP contribution < -0.4 is 10.1 Å². The monoisotopic (exact) mass is 578 g/mol. The van der Waals surface area contributed by atoms with Crippen LogP contribution in [-0.2, 0) is 30.4 Å². The van der Waals surface area contributed by atoms with Gasteiger partial charge in [-0.2, -0.15) is 8.42 Å². The van der Waals surface area contributed by atoms with Crippen LogP contribution in [0.4, 0.5) is 9.59 Å². The summed E-state index contributed by atoms with van der Waals surface area (Å²) >= 11 is 0. The van der Waals surface area contributed by atoms with Crippen LogP contribution >= 0.6 is 0 Å². The standard InChI is InChI=1S/C29H42N2O8S/c1-23-10-16-26(17-11-23)40(34,35)38-21-9-8-20-31(28(33)39-29(2,3)4)19-7-6-18-30-27(32)37-22-24-12-14-25(36-5)15-13-24/h10-17H,6-9,18-22H2,1-5H3,(H,30,32). The third-order valence-electron chi connectivity index (χ3n) is 5.68. The first-order valence-electron chi connectivity index (χ1n) is 13.4. The highest BCUT2D eigenvalue weighted by Crippen LogP contribution is 2.15. The van der Waals surface area contributed by atoms with Gasteiger partial charge >= 0.3 is 12.2 Å². The highest BCUT2D eigenvalue weighted by Gasteiger charge is 2.22. The fourth-order valence-electron chi connectivity index (χ4n) is 3.51. The van der Waals surface area contributed by atoms with Gasteiger partial charge in [0.1, 0.15) is 18.0 Å². The van der Waals surface area contributed by atoms with Crippen molar-refractivity contribution >= 4 is 22.3 Å². The summed E-state index contributed by atoms with van der Waals surface area (Å²) in [5.74, 6) is 0.730. The van der Waals surface area contributed by atoms with E-state index >= 15 is 0 Å². The van der Waals surface area contributed by atoms with Crippen LogP contribution in [-0.4, -0.2) is 64.5 Å². The molecule has 0 bridgehead atoms. The van der Waals surface area contributed by atoms with Gasteiger partial charge in [-0.1, -0.05) is 29.8 Å². The summed E-state index contributed by atoms with van der Waals surface area (Å²) < 4.78 is 45.7. The molecule has 0 saturated heterocycles. The highest BCUT2D eigenvalue weighted by atomic mass is 32.2. The zero-order valence-corrected chi connectivity index (χ0v) is 24.9. The number of hydrogen-bond acceptors (Lipinski definition) is 8. The Morgan fingerprint density at radius 2 is 1.52 bits per heavy atom. The average Bonchev–Trinajstić information content (AvgIpc) is 2.89. The number of ether oxygens (including phenoxy) is 3. The molecule has 11 heteroatoms. The van der Waals surface area contributed by atoms with Crippen LogP contribution in [0.15, 0.2) is 53.4 Å². The number of carbonyl (C=O) groups excluding carboxylic acids is 2. The molecule has 0 aromatic heterocycles. The van der Waals surface area contributed by atoms with Crippen LogP contribution in [0.25, 0.3) is 0 Å². The van der Waals surface area contributed by atoms with Crippen LogP contribution in [0, 0.1) is 6.92 Å². The third-order valence-corrected chi connectivity index (χ3v) is 7.00. The van der Waals surface area contributed by atoms with Crippen molar-refractivity contribution in [3.63, 3.8) is 0 Å². The minimum Gasteiger partial charge on any atom is -0.497 e. The van der Waals surface area contributed by atoms with Crippen molar-refractivity contribution in [1.29, 1.82) is 0 Å². The molecule has 0 atom stereocenters. The van der Waals surface area contributed by atoms with Gasteiger partial charge < -0.3 is 24.4 Å². The predicted molar refractivity (Wildman–Crippen MR) is 152 cm³/mol. The first-order chi connectivity index (χ1) is 18.9. The lowest BCUT2D eigenvalue weighted by molar-refractivity contribution is 0.0241. The number of carbonyl (C=O) groups is 2. The van der Waals surface area contributed by atoms with Crippen molar-refractivity contribution in [2.75, 3.05) is 33.4 Å². The van der Waals surface area contributed by atoms with E-state index in [0.717, 1.165) is 16.9 Å². The normalized spacial score (nSPS) is 11.5. The minimum atomic E-state index is -3.82. The summed E-state index contributed by atoms with van der Waals surface area (Å²) in [5.41, 5.74) is 1.17. The fraction of sp³-hybridized carbons (Fsp3) is 0.517. The number of alkyl carbamates (subject to hydrolysis) is 1. The number of methoxy groups -OCH3 is 1. The van der Waals surface area contributed by atoms with Gasteiger partial charge in [-0.15, -0.1) is 0 Å². The maximum Gasteiger partial charge on any atom is 0.410 e. The lowest BCUT2D eigenvalue weighted by Gasteiger charge is -2.27. The molecule has 2 amide bonds. The van der Waals surface area contributed by atoms with Crippen LogP contribution in [0.2, 0.25) is 0 Å². The number of amides is 2. The Morgan fingerprint density at radius 3 is 2.12 bits per heavy atom. The van der Waals surface area contributed by atoms with Gasteiger partial charge in [0.15, 0.2) is 0 Å². The van der Waals surface area contributed by atoms with Crippen molar-refractivity contribution in [1.82, 2.24) is 10.2 Å². The number of nitrogens with one attached hydrogen (secondary N) is 1. The van der Waals surface area contributed by atoms with Crippen molar-refractivity contribution in [3.8, 4) is 5.75 Å². The van der Waals surface area contributed by atoms with Gasteiger partial charge in [-0.05, 0) is 83.2 Å². The fourth-order valence-corrected chi connectivity index (χ4v) is 4.45. The Hall–Kier alpha value is -3.31. The molecular weight excluding hydrogens is 536 g/mol. The highest BCUT2D eigenvalue weighted by molar-refractivity contribution is 7.86. The van der Waals surface area contributed by atoms with E-state index in [1.807, 2.05) is 19.1 Å². The molecule has 222 valence electrons. The molecule has 0 aliphatic carbocycles. The van der Waals surface area contributed by atoms with E-state index in [0.29, 0.717) is 45.3 Å². The molecule has 0 aliphatic heterocycles. The number of nitrogens with zero attached hydrogens (tertiary/aromatic N) is 1. The summed E-state index contributed by atoms with van der Waals surface area (Å²) in [6.07, 6.45) is 1.31. The molecule has 1 N–H and O–H groups in total. The predicted octanol–water partition coefficient (Wildman–Crippen LogP) is 5.43. The van der Waals surface area contributed by atoms with Gasteiger partial charge in [0, 0.05) is 19.6 Å². The van der Waals surface area contributed by atoms with Crippen molar-refractivity contribution < 1.29 is 36.4 Å². The van der Waals surface area contributed by atoms with Gasteiger partial charge in [0.05, 0.1) is 18.6 Å². The average molecular weight is 579 g/mol. The summed E-state index contributed by atoms with van der Waals surface area (Å²) in [6.45, 7) is 8.66. The number of unbranched alkanes of at least 4 members (excludes halogenated alkanes) is 2. The second-order valence-corrected chi connectivity index (χ2v) is 11.9. The van der Waals surface area contributed by atoms with E-state index in [4.69, 9.17) is 18.4 Å². The molecule has 0 fully saturated rings. The molecule has 2 rings (SSSR count). The first kappa shape index (κ1) is 32.9. The molecule has 0 aliphatic rings. The van der Waals surface area contributed by atoms with Crippen molar-refractivity contribution in [2.24, 2.45) is 0 Å². The van der Waals surface area contributed by atoms with E-state index in [1.165, 1.54) is 12.1 Å². The molecule has 0 radical (unpaired) electrons. The van der Waals surface area contributed by atoms with Crippen molar-refractivity contribution in [3.05, 3.63) is 59.7 Å². The Labute approximate surface area is 238 Å². The number of rotatable bonds is 15. The van der Waals surface area contributed by atoms with Crippen LogP contribution in [0.3, 0.4) is 0 Å². The summed E-state index contributed by atoms with van der Waals surface area (Å²) in [6, 6.07) is 13.7. The Kier molecular flexibility index (Phi) is 13.2. The molecule has 0 saturated carbocycles. The second-order valence-electron chi connectivity index (χ2n) is 10.3. The van der Waals surface area contributed by atoms with E-state index in [1.54, 1.807) is 57.0 Å². The second kappa shape index (κ2) is 16.1. The van der Waals surface area contributed by atoms with E-state index in [-0.39, 0.29) is 18.1 Å². The molecular formula is C29H42N2O8S. The topological polar surface area (TPSA) is 120 Å². The summed E-state index contributed by atoms with van der Waals surface area (Å²) in [7, 11) is -2.24. The van der Waals surface area contributed by atoms with Gasteiger partial charge in [-0.25, -0.2) is 9.59 Å². The van der Waals surface area contributed by atoms with E-state index in [9.17, 15) is 18.0 Å². The Bertz CT molecular complexity index is 1160. The maximum absolute atomic E-state index is 12.7. The van der Waals surface area contributed by atoms with Crippen LogP contribution in [0.1, 0.15) is 57.6 Å². The maximum atomic E-state index is 12.7.